The van der Waals surface area contributed by atoms with Gasteiger partial charge in [0.15, 0.2) is 0 Å². The molecule has 1 aromatic carbocycles. The molecule has 0 atom stereocenters. The van der Waals surface area contributed by atoms with Crippen molar-refractivity contribution in [1.29, 1.82) is 0 Å². The summed E-state index contributed by atoms with van der Waals surface area (Å²) < 4.78 is 15.3. The van der Waals surface area contributed by atoms with Crippen LogP contribution in [-0.2, 0) is 19.1 Å². The third-order valence-corrected chi connectivity index (χ3v) is 4.25. The number of benzene rings is 1. The Kier molecular flexibility index (Phi) is 6.82. The van der Waals surface area contributed by atoms with Gasteiger partial charge >= 0.3 is 17.8 Å². The second kappa shape index (κ2) is 9.07. The van der Waals surface area contributed by atoms with Gasteiger partial charge in [0.1, 0.15) is 11.5 Å². The predicted molar refractivity (Wildman–Crippen MR) is 94.1 cm³/mol. The van der Waals surface area contributed by atoms with Crippen molar-refractivity contribution >= 4 is 23.5 Å². The molecule has 142 valence electrons. The average molecular weight is 364 g/mol. The van der Waals surface area contributed by atoms with Gasteiger partial charge in [0.25, 0.3) is 0 Å². The van der Waals surface area contributed by atoms with Crippen molar-refractivity contribution in [3.63, 3.8) is 0 Å². The Balaban J connectivity index is 1.94. The zero-order valence-electron chi connectivity index (χ0n) is 15.2. The number of nitrogens with zero attached hydrogens (tertiary/aromatic N) is 1. The van der Waals surface area contributed by atoms with Crippen LogP contribution in [0.4, 0.5) is 5.69 Å². The maximum atomic E-state index is 12.4. The minimum atomic E-state index is -0.747. The van der Waals surface area contributed by atoms with E-state index in [1.165, 1.54) is 19.1 Å². The van der Waals surface area contributed by atoms with E-state index in [1.54, 1.807) is 25.1 Å². The molecule has 8 nitrogen and oxygen atoms in total. The summed E-state index contributed by atoms with van der Waals surface area (Å²) >= 11 is 0. The minimum Gasteiger partial charge on any atom is -0.497 e. The molecule has 1 N–H and O–H groups in total. The number of rotatable bonds is 5. The molecule has 2 amide bonds. The lowest BCUT2D eigenvalue weighted by Gasteiger charge is -2.30. The number of anilines is 1. The number of hydrogen-bond donors (Lipinski definition) is 1. The Labute approximate surface area is 152 Å². The average Bonchev–Trinajstić information content (AvgIpc) is 2.67. The highest BCUT2D eigenvalue weighted by molar-refractivity contribution is 6.39. The van der Waals surface area contributed by atoms with Gasteiger partial charge in [0, 0.05) is 19.2 Å². The van der Waals surface area contributed by atoms with Gasteiger partial charge in [-0.15, -0.1) is 0 Å². The van der Waals surface area contributed by atoms with Gasteiger partial charge < -0.3 is 24.4 Å². The summed E-state index contributed by atoms with van der Waals surface area (Å²) in [6, 6.07) is 4.88. The fourth-order valence-electron chi connectivity index (χ4n) is 2.80. The molecule has 1 saturated heterocycles. The second-order valence-corrected chi connectivity index (χ2v) is 5.84. The largest absolute Gasteiger partial charge is 0.497 e. The quantitative estimate of drug-likeness (QED) is 0.628. The predicted octanol–water partition coefficient (Wildman–Crippen LogP) is 1.44. The minimum absolute atomic E-state index is 0.219. The summed E-state index contributed by atoms with van der Waals surface area (Å²) in [5.41, 5.74) is 0.382. The first-order valence-electron chi connectivity index (χ1n) is 8.49. The number of methoxy groups -OCH3 is 2. The standard InChI is InChI=1S/C18H24N2O6/c1-4-26-18(23)12-7-9-20(10-8-12)17(22)16(21)19-14-6-5-13(24-2)11-15(14)25-3/h5-6,11-12H,4,7-10H2,1-3H3,(H,19,21). The zero-order chi connectivity index (χ0) is 19.1. The van der Waals surface area contributed by atoms with Crippen LogP contribution >= 0.6 is 0 Å². The lowest BCUT2D eigenvalue weighted by atomic mass is 9.97. The number of carbonyl (C=O) groups excluding carboxylic acids is 3. The third kappa shape index (κ3) is 4.65. The Morgan fingerprint density at radius 3 is 2.42 bits per heavy atom. The summed E-state index contributed by atoms with van der Waals surface area (Å²) in [5, 5.41) is 2.56. The van der Waals surface area contributed by atoms with E-state index in [9.17, 15) is 14.4 Å². The van der Waals surface area contributed by atoms with Crippen LogP contribution in [0, 0.1) is 5.92 Å². The van der Waals surface area contributed by atoms with Crippen molar-refractivity contribution in [2.45, 2.75) is 19.8 Å². The molecule has 0 unspecified atom stereocenters. The number of likely N-dealkylation sites (tertiary alicyclic amines) is 1. The molecule has 0 aromatic heterocycles. The van der Waals surface area contributed by atoms with Crippen molar-refractivity contribution in [3.05, 3.63) is 18.2 Å². The molecule has 1 fully saturated rings. The first-order chi connectivity index (χ1) is 12.5. The maximum absolute atomic E-state index is 12.4. The molecule has 1 aromatic rings. The normalized spacial score (nSPS) is 14.5. The van der Waals surface area contributed by atoms with E-state index in [0.29, 0.717) is 49.7 Å². The van der Waals surface area contributed by atoms with E-state index in [-0.39, 0.29) is 11.9 Å². The van der Waals surface area contributed by atoms with Crippen LogP contribution in [0.2, 0.25) is 0 Å². The van der Waals surface area contributed by atoms with E-state index in [1.807, 2.05) is 0 Å². The fraction of sp³-hybridized carbons (Fsp3) is 0.500. The molecule has 1 heterocycles. The van der Waals surface area contributed by atoms with Crippen LogP contribution in [0.3, 0.4) is 0 Å². The van der Waals surface area contributed by atoms with Crippen LogP contribution in [-0.4, -0.2) is 56.6 Å². The monoisotopic (exact) mass is 364 g/mol. The highest BCUT2D eigenvalue weighted by Gasteiger charge is 2.31. The Hall–Kier alpha value is -2.77. The summed E-state index contributed by atoms with van der Waals surface area (Å²) in [6.07, 6.45) is 0.980. The van der Waals surface area contributed by atoms with E-state index < -0.39 is 11.8 Å². The molecule has 0 saturated carbocycles. The molecular formula is C18H24N2O6. The van der Waals surface area contributed by atoms with Crippen LogP contribution in [0.25, 0.3) is 0 Å². The van der Waals surface area contributed by atoms with Crippen LogP contribution < -0.4 is 14.8 Å². The first-order valence-corrected chi connectivity index (χ1v) is 8.49. The van der Waals surface area contributed by atoms with Gasteiger partial charge in [-0.05, 0) is 31.9 Å². The van der Waals surface area contributed by atoms with Crippen molar-refractivity contribution in [2.24, 2.45) is 5.92 Å². The van der Waals surface area contributed by atoms with Crippen molar-refractivity contribution in [1.82, 2.24) is 4.90 Å². The number of esters is 1. The summed E-state index contributed by atoms with van der Waals surface area (Å²) in [7, 11) is 2.99. The van der Waals surface area contributed by atoms with Crippen molar-refractivity contribution in [2.75, 3.05) is 39.2 Å². The van der Waals surface area contributed by atoms with Gasteiger partial charge in [-0.3, -0.25) is 14.4 Å². The molecule has 8 heteroatoms. The lowest BCUT2D eigenvalue weighted by Crippen LogP contribution is -2.45. The SMILES string of the molecule is CCOC(=O)C1CCN(C(=O)C(=O)Nc2ccc(OC)cc2OC)CC1. The number of nitrogens with one attached hydrogen (secondary N) is 1. The van der Waals surface area contributed by atoms with Crippen LogP contribution in [0.5, 0.6) is 11.5 Å². The van der Waals surface area contributed by atoms with E-state index in [0.717, 1.165) is 0 Å². The lowest BCUT2D eigenvalue weighted by molar-refractivity contribution is -0.152. The smallest absolute Gasteiger partial charge is 0.314 e. The fourth-order valence-corrected chi connectivity index (χ4v) is 2.80. The van der Waals surface area contributed by atoms with E-state index >= 15 is 0 Å². The Bertz CT molecular complexity index is 668. The molecular weight excluding hydrogens is 340 g/mol. The molecule has 0 radical (unpaired) electrons. The maximum Gasteiger partial charge on any atom is 0.314 e. The second-order valence-electron chi connectivity index (χ2n) is 5.84. The van der Waals surface area contributed by atoms with E-state index in [2.05, 4.69) is 5.32 Å². The molecule has 26 heavy (non-hydrogen) atoms. The van der Waals surface area contributed by atoms with Crippen LogP contribution in [0.15, 0.2) is 18.2 Å². The molecule has 1 aliphatic rings. The number of amides is 2. The molecule has 1 aliphatic heterocycles. The topological polar surface area (TPSA) is 94.2 Å². The number of carbonyl (C=O) groups is 3. The van der Waals surface area contributed by atoms with Gasteiger partial charge in [-0.2, -0.15) is 0 Å². The number of piperidine rings is 1. The summed E-state index contributed by atoms with van der Waals surface area (Å²) in [5.74, 6) is -0.872. The van der Waals surface area contributed by atoms with Crippen LogP contribution in [0.1, 0.15) is 19.8 Å². The highest BCUT2D eigenvalue weighted by Crippen LogP contribution is 2.29. The Morgan fingerprint density at radius 1 is 1.15 bits per heavy atom. The number of ether oxygens (including phenoxy) is 3. The van der Waals surface area contributed by atoms with Crippen molar-refractivity contribution in [3.8, 4) is 11.5 Å². The molecule has 0 aliphatic carbocycles. The first kappa shape index (κ1) is 19.6. The van der Waals surface area contributed by atoms with Gasteiger partial charge in [0.2, 0.25) is 0 Å². The molecule has 2 rings (SSSR count). The van der Waals surface area contributed by atoms with E-state index in [4.69, 9.17) is 14.2 Å². The summed E-state index contributed by atoms with van der Waals surface area (Å²) in [6.45, 7) is 2.78. The van der Waals surface area contributed by atoms with Gasteiger partial charge in [0.05, 0.1) is 32.4 Å². The Morgan fingerprint density at radius 2 is 1.85 bits per heavy atom. The zero-order valence-corrected chi connectivity index (χ0v) is 15.2. The van der Waals surface area contributed by atoms with Gasteiger partial charge in [-0.25, -0.2) is 0 Å². The molecule has 0 bridgehead atoms. The summed E-state index contributed by atoms with van der Waals surface area (Å²) in [4.78, 5) is 37.8. The van der Waals surface area contributed by atoms with Gasteiger partial charge in [-0.1, -0.05) is 0 Å². The third-order valence-electron chi connectivity index (χ3n) is 4.25. The molecule has 0 spiro atoms. The van der Waals surface area contributed by atoms with Crippen molar-refractivity contribution < 1.29 is 28.6 Å². The highest BCUT2D eigenvalue weighted by atomic mass is 16.5. The number of hydrogen-bond acceptors (Lipinski definition) is 6.